The SMILES string of the molecule is COC(C)(C)CNc1nc(C(=O)O)cc2ccccc12. The molecule has 0 aliphatic heterocycles. The Morgan fingerprint density at radius 2 is 2.10 bits per heavy atom. The van der Waals surface area contributed by atoms with E-state index in [1.165, 1.54) is 0 Å². The second-order valence-corrected chi connectivity index (χ2v) is 5.20. The molecule has 1 heterocycles. The third-order valence-electron chi connectivity index (χ3n) is 3.19. The number of hydrogen-bond acceptors (Lipinski definition) is 4. The van der Waals surface area contributed by atoms with Crippen molar-refractivity contribution < 1.29 is 14.6 Å². The first kappa shape index (κ1) is 14.3. The van der Waals surface area contributed by atoms with Gasteiger partial charge in [0, 0.05) is 19.0 Å². The molecule has 0 fully saturated rings. The molecule has 0 amide bonds. The summed E-state index contributed by atoms with van der Waals surface area (Å²) in [5, 5.41) is 14.0. The highest BCUT2D eigenvalue weighted by atomic mass is 16.5. The first-order valence-corrected chi connectivity index (χ1v) is 6.35. The van der Waals surface area contributed by atoms with Gasteiger partial charge in [-0.05, 0) is 25.3 Å². The smallest absolute Gasteiger partial charge is 0.354 e. The molecule has 0 atom stereocenters. The fraction of sp³-hybridized carbons (Fsp3) is 0.333. The Morgan fingerprint density at radius 3 is 2.75 bits per heavy atom. The zero-order valence-electron chi connectivity index (χ0n) is 11.8. The molecule has 2 rings (SSSR count). The summed E-state index contributed by atoms with van der Waals surface area (Å²) in [6.07, 6.45) is 0. The van der Waals surface area contributed by atoms with E-state index in [1.807, 2.05) is 38.1 Å². The highest BCUT2D eigenvalue weighted by molar-refractivity contribution is 5.97. The normalized spacial score (nSPS) is 11.6. The molecular formula is C15H18N2O3. The molecule has 0 aliphatic carbocycles. The van der Waals surface area contributed by atoms with E-state index in [2.05, 4.69) is 10.3 Å². The van der Waals surface area contributed by atoms with Crippen LogP contribution in [0.3, 0.4) is 0 Å². The maximum absolute atomic E-state index is 11.1. The van der Waals surface area contributed by atoms with Gasteiger partial charge >= 0.3 is 5.97 Å². The number of fused-ring (bicyclic) bond motifs is 1. The van der Waals surface area contributed by atoms with Gasteiger partial charge in [-0.25, -0.2) is 9.78 Å². The van der Waals surface area contributed by atoms with E-state index in [0.29, 0.717) is 12.4 Å². The van der Waals surface area contributed by atoms with Crippen LogP contribution in [-0.2, 0) is 4.74 Å². The molecule has 5 heteroatoms. The fourth-order valence-electron chi connectivity index (χ4n) is 1.81. The van der Waals surface area contributed by atoms with Gasteiger partial charge in [-0.1, -0.05) is 24.3 Å². The lowest BCUT2D eigenvalue weighted by Crippen LogP contribution is -2.32. The van der Waals surface area contributed by atoms with Crippen molar-refractivity contribution in [3.8, 4) is 0 Å². The number of ether oxygens (including phenoxy) is 1. The maximum atomic E-state index is 11.1. The van der Waals surface area contributed by atoms with Crippen LogP contribution in [0.1, 0.15) is 24.3 Å². The number of anilines is 1. The zero-order valence-corrected chi connectivity index (χ0v) is 11.8. The van der Waals surface area contributed by atoms with E-state index >= 15 is 0 Å². The van der Waals surface area contributed by atoms with Crippen LogP contribution in [0, 0.1) is 0 Å². The van der Waals surface area contributed by atoms with Crippen LogP contribution in [0.4, 0.5) is 5.82 Å². The average molecular weight is 274 g/mol. The lowest BCUT2D eigenvalue weighted by Gasteiger charge is -2.24. The number of methoxy groups -OCH3 is 1. The molecule has 0 radical (unpaired) electrons. The molecule has 5 nitrogen and oxygen atoms in total. The summed E-state index contributed by atoms with van der Waals surface area (Å²) in [5.41, 5.74) is -0.330. The lowest BCUT2D eigenvalue weighted by atomic mass is 10.1. The molecule has 1 aromatic carbocycles. The molecule has 2 aromatic rings. The summed E-state index contributed by atoms with van der Waals surface area (Å²) in [6, 6.07) is 9.13. The Hall–Kier alpha value is -2.14. The molecule has 2 N–H and O–H groups in total. The third-order valence-corrected chi connectivity index (χ3v) is 3.19. The van der Waals surface area contributed by atoms with Gasteiger partial charge in [0.25, 0.3) is 0 Å². The minimum Gasteiger partial charge on any atom is -0.477 e. The molecule has 1 aromatic heterocycles. The van der Waals surface area contributed by atoms with Gasteiger partial charge in [0.2, 0.25) is 0 Å². The number of nitrogens with one attached hydrogen (secondary N) is 1. The van der Waals surface area contributed by atoms with Crippen molar-refractivity contribution in [1.29, 1.82) is 0 Å². The topological polar surface area (TPSA) is 71.5 Å². The highest BCUT2D eigenvalue weighted by Gasteiger charge is 2.17. The fourth-order valence-corrected chi connectivity index (χ4v) is 1.81. The number of pyridine rings is 1. The summed E-state index contributed by atoms with van der Waals surface area (Å²) in [4.78, 5) is 15.3. The van der Waals surface area contributed by atoms with Crippen molar-refractivity contribution in [2.75, 3.05) is 19.0 Å². The minimum atomic E-state index is -1.04. The molecule has 0 bridgehead atoms. The van der Waals surface area contributed by atoms with Crippen LogP contribution >= 0.6 is 0 Å². The summed E-state index contributed by atoms with van der Waals surface area (Å²) in [7, 11) is 1.64. The first-order chi connectivity index (χ1) is 9.43. The van der Waals surface area contributed by atoms with Crippen molar-refractivity contribution in [2.24, 2.45) is 0 Å². The summed E-state index contributed by atoms with van der Waals surface area (Å²) < 4.78 is 5.34. The number of nitrogens with zero attached hydrogens (tertiary/aromatic N) is 1. The van der Waals surface area contributed by atoms with Crippen molar-refractivity contribution in [1.82, 2.24) is 4.98 Å². The van der Waals surface area contributed by atoms with Crippen LogP contribution in [0.5, 0.6) is 0 Å². The van der Waals surface area contributed by atoms with Gasteiger partial charge in [-0.2, -0.15) is 0 Å². The van der Waals surface area contributed by atoms with Gasteiger partial charge < -0.3 is 15.2 Å². The van der Waals surface area contributed by atoms with Gasteiger partial charge in [0.05, 0.1) is 5.60 Å². The minimum absolute atomic E-state index is 0.0291. The predicted octanol–water partition coefficient (Wildman–Crippen LogP) is 2.77. The summed E-state index contributed by atoms with van der Waals surface area (Å²) >= 11 is 0. The second kappa shape index (κ2) is 5.46. The quantitative estimate of drug-likeness (QED) is 0.877. The van der Waals surface area contributed by atoms with E-state index in [0.717, 1.165) is 10.8 Å². The summed E-state index contributed by atoms with van der Waals surface area (Å²) in [5.74, 6) is -0.476. The Labute approximate surface area is 117 Å². The molecule has 0 spiro atoms. The van der Waals surface area contributed by atoms with Crippen LogP contribution < -0.4 is 5.32 Å². The maximum Gasteiger partial charge on any atom is 0.354 e. The first-order valence-electron chi connectivity index (χ1n) is 6.35. The average Bonchev–Trinajstić information content (AvgIpc) is 2.44. The van der Waals surface area contributed by atoms with E-state index in [-0.39, 0.29) is 11.3 Å². The number of aromatic carboxylic acids is 1. The predicted molar refractivity (Wildman–Crippen MR) is 78.3 cm³/mol. The van der Waals surface area contributed by atoms with E-state index in [1.54, 1.807) is 13.2 Å². The number of rotatable bonds is 5. The molecular weight excluding hydrogens is 256 g/mol. The van der Waals surface area contributed by atoms with Crippen LogP contribution in [0.2, 0.25) is 0 Å². The Kier molecular flexibility index (Phi) is 3.90. The Balaban J connectivity index is 2.42. The molecule has 0 saturated heterocycles. The van der Waals surface area contributed by atoms with E-state index < -0.39 is 5.97 Å². The van der Waals surface area contributed by atoms with Crippen LogP contribution in [0.15, 0.2) is 30.3 Å². The van der Waals surface area contributed by atoms with Crippen LogP contribution in [-0.4, -0.2) is 35.3 Å². The Morgan fingerprint density at radius 1 is 1.40 bits per heavy atom. The standard InChI is InChI=1S/C15H18N2O3/c1-15(2,20-3)9-16-13-11-7-5-4-6-10(11)8-12(17-13)14(18)19/h4-8H,9H2,1-3H3,(H,16,17)(H,18,19). The van der Waals surface area contributed by atoms with Gasteiger partial charge in [0.1, 0.15) is 5.82 Å². The zero-order chi connectivity index (χ0) is 14.8. The number of aromatic nitrogens is 1. The molecule has 20 heavy (non-hydrogen) atoms. The molecule has 0 saturated carbocycles. The lowest BCUT2D eigenvalue weighted by molar-refractivity contribution is 0.0343. The van der Waals surface area contributed by atoms with Gasteiger partial charge in [0.15, 0.2) is 5.69 Å². The number of carboxylic acid groups (broad SMARTS) is 1. The highest BCUT2D eigenvalue weighted by Crippen LogP contribution is 2.23. The number of hydrogen-bond donors (Lipinski definition) is 2. The molecule has 0 unspecified atom stereocenters. The monoisotopic (exact) mass is 274 g/mol. The molecule has 0 aliphatic rings. The second-order valence-electron chi connectivity index (χ2n) is 5.20. The number of benzene rings is 1. The third kappa shape index (κ3) is 3.05. The van der Waals surface area contributed by atoms with Crippen molar-refractivity contribution in [3.05, 3.63) is 36.0 Å². The van der Waals surface area contributed by atoms with E-state index in [4.69, 9.17) is 9.84 Å². The summed E-state index contributed by atoms with van der Waals surface area (Å²) in [6.45, 7) is 4.43. The van der Waals surface area contributed by atoms with Gasteiger partial charge in [-0.3, -0.25) is 0 Å². The van der Waals surface area contributed by atoms with Crippen molar-refractivity contribution in [2.45, 2.75) is 19.4 Å². The number of carboxylic acids is 1. The van der Waals surface area contributed by atoms with Crippen molar-refractivity contribution >= 4 is 22.6 Å². The largest absolute Gasteiger partial charge is 0.477 e. The number of carbonyl (C=O) groups is 1. The van der Waals surface area contributed by atoms with Crippen molar-refractivity contribution in [3.63, 3.8) is 0 Å². The van der Waals surface area contributed by atoms with E-state index in [9.17, 15) is 4.79 Å². The Bertz CT molecular complexity index is 638. The molecule has 106 valence electrons. The van der Waals surface area contributed by atoms with Crippen LogP contribution in [0.25, 0.3) is 10.8 Å². The van der Waals surface area contributed by atoms with Gasteiger partial charge in [-0.15, -0.1) is 0 Å².